The maximum atomic E-state index is 13.4. The molecule has 2 saturated heterocycles. The summed E-state index contributed by atoms with van der Waals surface area (Å²) in [5.74, 6) is -0.180. The lowest BCUT2D eigenvalue weighted by Gasteiger charge is -2.42. The number of hydrogen-bond acceptors (Lipinski definition) is 2. The Hall–Kier alpha value is -1.58. The number of nitrogens with zero attached hydrogens (tertiary/aromatic N) is 1. The molecule has 0 aliphatic carbocycles. The third-order valence-corrected chi connectivity index (χ3v) is 5.98. The van der Waals surface area contributed by atoms with E-state index in [2.05, 4.69) is 29.3 Å². The van der Waals surface area contributed by atoms with Crippen molar-refractivity contribution in [2.24, 2.45) is 0 Å². The van der Waals surface area contributed by atoms with E-state index in [0.29, 0.717) is 12.1 Å². The van der Waals surface area contributed by atoms with Gasteiger partial charge in [0.2, 0.25) is 0 Å². The fraction of sp³-hybridized carbons (Fsp3) is 0.429. The Balaban J connectivity index is 1.69. The van der Waals surface area contributed by atoms with Gasteiger partial charge in [-0.2, -0.15) is 0 Å². The summed E-state index contributed by atoms with van der Waals surface area (Å²) in [6, 6.07) is 16.1. The fourth-order valence-electron chi connectivity index (χ4n) is 4.73. The normalized spacial score (nSPS) is 28.8. The van der Waals surface area contributed by atoms with Crippen molar-refractivity contribution in [1.82, 2.24) is 5.32 Å². The van der Waals surface area contributed by atoms with Crippen molar-refractivity contribution in [2.75, 3.05) is 11.4 Å². The van der Waals surface area contributed by atoms with Crippen molar-refractivity contribution in [2.45, 2.75) is 50.2 Å². The maximum Gasteiger partial charge on any atom is 0.123 e. The number of nitrogens with one attached hydrogen (secondary N) is 1. The van der Waals surface area contributed by atoms with Gasteiger partial charge < -0.3 is 10.2 Å². The van der Waals surface area contributed by atoms with Crippen molar-refractivity contribution >= 4 is 17.3 Å². The van der Waals surface area contributed by atoms with Crippen molar-refractivity contribution in [3.63, 3.8) is 0 Å². The molecular formula is C21H24ClFN2. The van der Waals surface area contributed by atoms with Gasteiger partial charge in [0.1, 0.15) is 5.82 Å². The van der Waals surface area contributed by atoms with Crippen LogP contribution in [0.15, 0.2) is 48.5 Å². The molecular weight excluding hydrogens is 335 g/mol. The molecule has 2 aromatic rings. The summed E-state index contributed by atoms with van der Waals surface area (Å²) in [7, 11) is 0. The predicted molar refractivity (Wildman–Crippen MR) is 102 cm³/mol. The molecule has 1 N–H and O–H groups in total. The van der Waals surface area contributed by atoms with E-state index in [-0.39, 0.29) is 11.4 Å². The third kappa shape index (κ3) is 3.28. The summed E-state index contributed by atoms with van der Waals surface area (Å²) < 4.78 is 13.4. The van der Waals surface area contributed by atoms with E-state index >= 15 is 0 Å². The Morgan fingerprint density at radius 2 is 1.88 bits per heavy atom. The van der Waals surface area contributed by atoms with E-state index in [9.17, 15) is 4.39 Å². The molecule has 2 aliphatic heterocycles. The Labute approximate surface area is 154 Å². The number of piperidine rings is 1. The zero-order chi connectivity index (χ0) is 17.4. The molecule has 0 unspecified atom stereocenters. The van der Waals surface area contributed by atoms with E-state index in [4.69, 9.17) is 11.6 Å². The minimum Gasteiger partial charge on any atom is -0.361 e. The predicted octanol–water partition coefficient (Wildman–Crippen LogP) is 4.81. The first-order valence-corrected chi connectivity index (χ1v) is 9.46. The highest BCUT2D eigenvalue weighted by Crippen LogP contribution is 2.43. The van der Waals surface area contributed by atoms with E-state index in [1.54, 1.807) is 12.1 Å². The molecule has 2 aromatic carbocycles. The van der Waals surface area contributed by atoms with E-state index in [1.165, 1.54) is 18.4 Å². The zero-order valence-corrected chi connectivity index (χ0v) is 15.3. The highest BCUT2D eigenvalue weighted by Gasteiger charge is 2.49. The van der Waals surface area contributed by atoms with Gasteiger partial charge >= 0.3 is 0 Å². The first-order chi connectivity index (χ1) is 12.0. The second-order valence-electron chi connectivity index (χ2n) is 7.62. The Kier molecular flexibility index (Phi) is 4.47. The van der Waals surface area contributed by atoms with Gasteiger partial charge in [-0.3, -0.25) is 0 Å². The molecule has 2 heterocycles. The molecule has 3 atom stereocenters. The molecule has 2 nitrogen and oxygen atoms in total. The third-order valence-electron chi connectivity index (χ3n) is 5.72. The number of hydrogen-bond donors (Lipinski definition) is 1. The summed E-state index contributed by atoms with van der Waals surface area (Å²) in [6.07, 6.45) is 4.43. The molecule has 25 heavy (non-hydrogen) atoms. The van der Waals surface area contributed by atoms with Crippen LogP contribution < -0.4 is 10.2 Å². The highest BCUT2D eigenvalue weighted by molar-refractivity contribution is 6.30. The monoisotopic (exact) mass is 358 g/mol. The second kappa shape index (κ2) is 6.62. The van der Waals surface area contributed by atoms with Gasteiger partial charge in [-0.25, -0.2) is 4.39 Å². The van der Waals surface area contributed by atoms with Crippen molar-refractivity contribution in [1.29, 1.82) is 0 Å². The van der Waals surface area contributed by atoms with Gasteiger partial charge in [0.05, 0.1) is 0 Å². The van der Waals surface area contributed by atoms with E-state index in [1.807, 2.05) is 24.3 Å². The zero-order valence-electron chi connectivity index (χ0n) is 14.5. The van der Waals surface area contributed by atoms with E-state index < -0.39 is 0 Å². The van der Waals surface area contributed by atoms with Crippen LogP contribution >= 0.6 is 11.6 Å². The summed E-state index contributed by atoms with van der Waals surface area (Å²) in [4.78, 5) is 2.54. The molecule has 132 valence electrons. The number of halogens is 2. The molecule has 0 spiro atoms. The lowest BCUT2D eigenvalue weighted by molar-refractivity contribution is 0.381. The Bertz CT molecular complexity index is 731. The molecule has 2 fully saturated rings. The molecule has 0 amide bonds. The summed E-state index contributed by atoms with van der Waals surface area (Å²) in [5, 5.41) is 4.47. The van der Waals surface area contributed by atoms with Crippen molar-refractivity contribution in [3.05, 3.63) is 64.9 Å². The second-order valence-corrected chi connectivity index (χ2v) is 8.06. The smallest absolute Gasteiger partial charge is 0.123 e. The Morgan fingerprint density at radius 1 is 1.16 bits per heavy atom. The van der Waals surface area contributed by atoms with Gasteiger partial charge in [-0.05, 0) is 81.1 Å². The van der Waals surface area contributed by atoms with Crippen LogP contribution in [0.4, 0.5) is 10.1 Å². The molecule has 0 radical (unpaired) electrons. The molecule has 0 aromatic heterocycles. The maximum absolute atomic E-state index is 13.4. The minimum atomic E-state index is -0.180. The molecule has 4 heteroatoms. The molecule has 0 saturated carbocycles. The summed E-state index contributed by atoms with van der Waals surface area (Å²) in [6.45, 7) is 3.43. The van der Waals surface area contributed by atoms with Gasteiger partial charge in [-0.1, -0.05) is 23.7 Å². The van der Waals surface area contributed by atoms with Gasteiger partial charge in [-0.15, -0.1) is 0 Å². The van der Waals surface area contributed by atoms with Gasteiger partial charge in [0.15, 0.2) is 0 Å². The standard InChI is InChI=1S/C21H24ClFN2/c1-21(13-15-4-6-16(22)7-5-15)14-19-20(3-2-12-24-19)25(21)18-10-8-17(23)9-11-18/h4-11,19-20,24H,2-3,12-14H2,1H3/t19-,20-,21+/m0/s1. The van der Waals surface area contributed by atoms with Crippen LogP contribution in [0.25, 0.3) is 0 Å². The minimum absolute atomic E-state index is 0.00165. The van der Waals surface area contributed by atoms with Gasteiger partial charge in [0, 0.05) is 28.3 Å². The topological polar surface area (TPSA) is 15.3 Å². The highest BCUT2D eigenvalue weighted by atomic mass is 35.5. The first kappa shape index (κ1) is 16.9. The largest absolute Gasteiger partial charge is 0.361 e. The molecule has 4 rings (SSSR count). The number of fused-ring (bicyclic) bond motifs is 1. The number of anilines is 1. The summed E-state index contributed by atoms with van der Waals surface area (Å²) >= 11 is 6.05. The van der Waals surface area contributed by atoms with Crippen LogP contribution in [0.2, 0.25) is 5.02 Å². The first-order valence-electron chi connectivity index (χ1n) is 9.08. The van der Waals surface area contributed by atoms with Crippen LogP contribution in [-0.4, -0.2) is 24.2 Å². The Morgan fingerprint density at radius 3 is 2.60 bits per heavy atom. The average molecular weight is 359 g/mol. The SMILES string of the molecule is C[C@@]1(Cc2ccc(Cl)cc2)C[C@@H]2NCCC[C@@H]2N1c1ccc(F)cc1. The average Bonchev–Trinajstić information content (AvgIpc) is 2.89. The lowest BCUT2D eigenvalue weighted by atomic mass is 9.88. The van der Waals surface area contributed by atoms with Crippen LogP contribution in [0.1, 0.15) is 31.7 Å². The van der Waals surface area contributed by atoms with Gasteiger partial charge in [0.25, 0.3) is 0 Å². The van der Waals surface area contributed by atoms with Crippen molar-refractivity contribution in [3.8, 4) is 0 Å². The summed E-state index contributed by atoms with van der Waals surface area (Å²) in [5.41, 5.74) is 2.41. The lowest BCUT2D eigenvalue weighted by Crippen LogP contribution is -2.50. The van der Waals surface area contributed by atoms with Crippen LogP contribution in [0, 0.1) is 5.82 Å². The molecule has 2 aliphatic rings. The quantitative estimate of drug-likeness (QED) is 0.846. The van der Waals surface area contributed by atoms with Crippen LogP contribution in [0.5, 0.6) is 0 Å². The van der Waals surface area contributed by atoms with Crippen LogP contribution in [-0.2, 0) is 6.42 Å². The number of benzene rings is 2. The number of rotatable bonds is 3. The van der Waals surface area contributed by atoms with E-state index in [0.717, 1.165) is 30.1 Å². The fourth-order valence-corrected chi connectivity index (χ4v) is 4.86. The van der Waals surface area contributed by atoms with Crippen LogP contribution in [0.3, 0.4) is 0 Å². The molecule has 0 bridgehead atoms. The van der Waals surface area contributed by atoms with Crippen molar-refractivity contribution < 1.29 is 4.39 Å².